The summed E-state index contributed by atoms with van der Waals surface area (Å²) in [6, 6.07) is 0. The van der Waals surface area contributed by atoms with Crippen molar-refractivity contribution in [3.05, 3.63) is 23.8 Å². The molecule has 1 heterocycles. The van der Waals surface area contributed by atoms with Gasteiger partial charge < -0.3 is 25.2 Å². The van der Waals surface area contributed by atoms with Crippen molar-refractivity contribution in [3.8, 4) is 0 Å². The van der Waals surface area contributed by atoms with Crippen molar-refractivity contribution in [3.63, 3.8) is 0 Å². The van der Waals surface area contributed by atoms with E-state index in [0.29, 0.717) is 48.9 Å². The van der Waals surface area contributed by atoms with E-state index in [9.17, 15) is 20.4 Å². The van der Waals surface area contributed by atoms with E-state index in [1.807, 2.05) is 0 Å². The van der Waals surface area contributed by atoms with Crippen molar-refractivity contribution in [1.82, 2.24) is 0 Å². The molecular weight excluding hydrogens is 1050 g/mol. The first-order valence-electron chi connectivity index (χ1n) is 38.0. The van der Waals surface area contributed by atoms with Crippen LogP contribution in [0.1, 0.15) is 301 Å². The maximum Gasteiger partial charge on any atom is 0.0972 e. The average molecular weight is 1190 g/mol. The van der Waals surface area contributed by atoms with Crippen LogP contribution in [0.15, 0.2) is 23.8 Å². The zero-order chi connectivity index (χ0) is 59.6. The molecule has 1 aliphatic heterocycles. The smallest absolute Gasteiger partial charge is 0.0972 e. The normalized spacial score (nSPS) is 58.3. The van der Waals surface area contributed by atoms with Gasteiger partial charge in [-0.3, -0.25) is 0 Å². The van der Waals surface area contributed by atoms with E-state index in [1.165, 1.54) is 173 Å². The summed E-state index contributed by atoms with van der Waals surface area (Å²) in [6.45, 7) is 30.9. The second kappa shape index (κ2) is 22.8. The fraction of sp³-hybridized carbons (Fsp3) is 0.951. The first-order chi connectivity index (χ1) is 40.3. The summed E-state index contributed by atoms with van der Waals surface area (Å²) in [5, 5.41) is 40.3. The molecule has 0 aromatic heterocycles. The third-order valence-corrected chi connectivity index (χ3v) is 35.5. The molecule has 0 aromatic carbocycles. The van der Waals surface area contributed by atoms with Crippen molar-refractivity contribution in [2.75, 3.05) is 6.61 Å². The molecule has 30 atom stereocenters. The summed E-state index contributed by atoms with van der Waals surface area (Å²) in [6.07, 6.45) is 48.7. The Morgan fingerprint density at radius 2 is 0.791 bits per heavy atom. The average Bonchev–Trinajstić information content (AvgIpc) is 1.49. The third-order valence-electron chi connectivity index (χ3n) is 35.5. The van der Waals surface area contributed by atoms with Gasteiger partial charge in [-0.1, -0.05) is 93.5 Å². The molecule has 0 bridgehead atoms. The van der Waals surface area contributed by atoms with E-state index in [2.05, 4.69) is 81.9 Å². The van der Waals surface area contributed by atoms with Crippen molar-refractivity contribution in [1.29, 1.82) is 0 Å². The molecular formula is C81H134O5. The summed E-state index contributed by atoms with van der Waals surface area (Å²) < 4.78 is 6.02. The molecule has 488 valence electrons. The van der Waals surface area contributed by atoms with Crippen molar-refractivity contribution in [2.24, 2.45) is 144 Å². The molecule has 5 heteroatoms. The third kappa shape index (κ3) is 10.1. The molecule has 17 rings (SSSR count). The van der Waals surface area contributed by atoms with Crippen molar-refractivity contribution < 1.29 is 25.2 Å². The highest BCUT2D eigenvalue weighted by Gasteiger charge is 2.70. The molecule has 16 aliphatic carbocycles. The lowest BCUT2D eigenvalue weighted by atomic mass is 9.45. The fourth-order valence-electron chi connectivity index (χ4n) is 28.9. The summed E-state index contributed by atoms with van der Waals surface area (Å²) >= 11 is 0. The Morgan fingerprint density at radius 3 is 1.26 bits per heavy atom. The van der Waals surface area contributed by atoms with E-state index in [0.717, 1.165) is 159 Å². The Hall–Kier alpha value is -0.720. The van der Waals surface area contributed by atoms with Gasteiger partial charge in [-0.25, -0.2) is 0 Å². The fourth-order valence-corrected chi connectivity index (χ4v) is 28.9. The molecule has 1 spiro atoms. The Morgan fingerprint density at radius 1 is 0.407 bits per heavy atom. The standard InChI is InChI=1S/C20H32O2.C20H34O.2C20H32O.CH4/c1-18-7-6-16(21)9-14(18)4-3-13-11-19(2)15(10-17(13)18)5-8-20(19)12-22-20;3*1-13-4-6-16-11-18-14(12-20(13,16)3)5-7-15-10-17(21)8-9-19(15,18)2;/h13-17,21H,3-12H2,1-2H3;13-18,21H,4-12H2,1-3H3;4,14-18,21H,5-12H2,1-3H3;14-18,21H,1,4-12H2,2-3H3;1H4/t13-,14-,15+,16+,17-,18-,19+,20-;13-,14+,15+,16-,17-,18+,19+,20+;2*14-,15-,16+,17+,18-,19-,20-;/m1011./s1. The van der Waals surface area contributed by atoms with Crippen LogP contribution in [-0.4, -0.2) is 57.0 Å². The van der Waals surface area contributed by atoms with Gasteiger partial charge in [0.25, 0.3) is 0 Å². The number of aliphatic hydroxyl groups excluding tert-OH is 4. The summed E-state index contributed by atoms with van der Waals surface area (Å²) in [5.41, 5.74) is 7.74. The summed E-state index contributed by atoms with van der Waals surface area (Å²) in [7, 11) is 0. The minimum atomic E-state index is -0.0157. The predicted octanol–water partition coefficient (Wildman–Crippen LogP) is 19.7. The van der Waals surface area contributed by atoms with Gasteiger partial charge in [0.2, 0.25) is 0 Å². The first kappa shape index (κ1) is 64.0. The number of rotatable bonds is 0. The highest BCUT2D eigenvalue weighted by molar-refractivity contribution is 5.24. The van der Waals surface area contributed by atoms with Gasteiger partial charge in [0.15, 0.2) is 0 Å². The van der Waals surface area contributed by atoms with Crippen LogP contribution in [0.3, 0.4) is 0 Å². The van der Waals surface area contributed by atoms with Gasteiger partial charge in [0.05, 0.1) is 36.6 Å². The van der Waals surface area contributed by atoms with Gasteiger partial charge >= 0.3 is 0 Å². The molecule has 17 aliphatic rings. The van der Waals surface area contributed by atoms with Crippen LogP contribution in [0, 0.1) is 144 Å². The Balaban J connectivity index is 0.000000106. The molecule has 0 aromatic rings. The minimum Gasteiger partial charge on any atom is -0.393 e. The molecule has 0 unspecified atom stereocenters. The number of hydrogen-bond donors (Lipinski definition) is 4. The molecule has 86 heavy (non-hydrogen) atoms. The van der Waals surface area contributed by atoms with Crippen LogP contribution in [0.4, 0.5) is 0 Å². The number of hydrogen-bond acceptors (Lipinski definition) is 5. The number of fused-ring (bicyclic) bond motifs is 17. The van der Waals surface area contributed by atoms with Gasteiger partial charge in [0.1, 0.15) is 0 Å². The zero-order valence-electron chi connectivity index (χ0n) is 56.6. The maximum absolute atomic E-state index is 10.1. The Kier molecular flexibility index (Phi) is 16.9. The molecule has 5 nitrogen and oxygen atoms in total. The lowest BCUT2D eigenvalue weighted by molar-refractivity contribution is -0.121. The summed E-state index contributed by atoms with van der Waals surface area (Å²) in [5.74, 6) is 15.4. The number of ether oxygens (including phenoxy) is 1. The van der Waals surface area contributed by atoms with E-state index in [1.54, 1.807) is 11.1 Å². The van der Waals surface area contributed by atoms with Crippen molar-refractivity contribution >= 4 is 0 Å². The van der Waals surface area contributed by atoms with Crippen LogP contribution in [0.5, 0.6) is 0 Å². The lowest BCUT2D eigenvalue weighted by Gasteiger charge is -2.60. The van der Waals surface area contributed by atoms with Crippen LogP contribution in [0.25, 0.3) is 0 Å². The molecule has 15 saturated carbocycles. The zero-order valence-corrected chi connectivity index (χ0v) is 56.6. The molecule has 0 radical (unpaired) electrons. The van der Waals surface area contributed by atoms with Gasteiger partial charge in [-0.05, 0) is 370 Å². The molecule has 16 fully saturated rings. The number of epoxide rings is 1. The molecule has 4 N–H and O–H groups in total. The molecule has 1 saturated heterocycles. The quantitative estimate of drug-likeness (QED) is 0.143. The van der Waals surface area contributed by atoms with Crippen molar-refractivity contribution in [2.45, 2.75) is 331 Å². The van der Waals surface area contributed by atoms with Crippen LogP contribution >= 0.6 is 0 Å². The summed E-state index contributed by atoms with van der Waals surface area (Å²) in [4.78, 5) is 0. The predicted molar refractivity (Wildman–Crippen MR) is 354 cm³/mol. The number of aliphatic hydroxyl groups is 4. The molecule has 0 amide bonds. The van der Waals surface area contributed by atoms with Gasteiger partial charge in [-0.15, -0.1) is 0 Å². The first-order valence-corrected chi connectivity index (χ1v) is 38.0. The second-order valence-corrected chi connectivity index (χ2v) is 38.2. The SMILES string of the molecule is C.C=C1CC[C@H]2C[C@@H]3[C@H](CC[C@@H]4C[C@@H](O)CC[C@]43C)C[C@]12C.CC1=CC[C@H]2C[C@@H]3[C@H](CC[C@@H]4C[C@@H](O)CC[C@]43C)C[C@]12C.C[C@@]12CC[C@H](O)C[C@H]1CC[C@@H]1C[C@@]3(C)[C@@H](CC[C@@]34CO4)C[C@H]12.C[C@H]1CC[C@H]2C[C@@H]3[C@H](CC[C@@H]4C[C@@H](O)CC[C@]43C)C[C@@]21C. The largest absolute Gasteiger partial charge is 0.393 e. The highest BCUT2D eigenvalue weighted by atomic mass is 16.6. The minimum absolute atomic E-state index is 0. The Bertz CT molecular complexity index is 2460. The van der Waals surface area contributed by atoms with Crippen LogP contribution in [-0.2, 0) is 4.74 Å². The topological polar surface area (TPSA) is 93.5 Å². The van der Waals surface area contributed by atoms with Crippen LogP contribution < -0.4 is 0 Å². The monoisotopic (exact) mass is 1190 g/mol. The maximum atomic E-state index is 10.1. The van der Waals surface area contributed by atoms with E-state index >= 15 is 0 Å². The second-order valence-electron chi connectivity index (χ2n) is 38.2. The highest BCUT2D eigenvalue weighted by Crippen LogP contribution is 2.73. The number of allylic oxidation sites excluding steroid dienone is 3. The lowest BCUT2D eigenvalue weighted by Crippen LogP contribution is -2.54. The van der Waals surface area contributed by atoms with Gasteiger partial charge in [-0.2, -0.15) is 0 Å². The van der Waals surface area contributed by atoms with Crippen LogP contribution in [0.2, 0.25) is 0 Å². The van der Waals surface area contributed by atoms with E-state index in [-0.39, 0.29) is 31.8 Å². The van der Waals surface area contributed by atoms with Gasteiger partial charge in [0, 0.05) is 5.41 Å². The van der Waals surface area contributed by atoms with E-state index in [4.69, 9.17) is 4.74 Å². The van der Waals surface area contributed by atoms with E-state index < -0.39 is 0 Å². The Labute approximate surface area is 528 Å².